The van der Waals surface area contributed by atoms with E-state index in [0.29, 0.717) is 0 Å². The molecule has 1 aliphatic heterocycles. The van der Waals surface area contributed by atoms with Crippen LogP contribution < -0.4 is 10.6 Å². The minimum atomic E-state index is -0.295. The van der Waals surface area contributed by atoms with Gasteiger partial charge in [0.15, 0.2) is 0 Å². The maximum atomic E-state index is 10.9. The Labute approximate surface area is 75.6 Å². The Kier molecular flexibility index (Phi) is 1.84. The van der Waals surface area contributed by atoms with Gasteiger partial charge in [-0.05, 0) is 6.42 Å². The van der Waals surface area contributed by atoms with Gasteiger partial charge in [-0.25, -0.2) is 4.98 Å². The maximum absolute atomic E-state index is 10.9. The number of nitrogens with zero attached hydrogens (tertiary/aromatic N) is 3. The minimum absolute atomic E-state index is 0.198. The van der Waals surface area contributed by atoms with Gasteiger partial charge in [0, 0.05) is 18.9 Å². The Morgan fingerprint density at radius 3 is 2.92 bits per heavy atom. The third-order valence-corrected chi connectivity index (χ3v) is 2.19. The first-order valence-electron chi connectivity index (χ1n) is 4.11. The first kappa shape index (κ1) is 7.97. The molecule has 1 atom stereocenters. The van der Waals surface area contributed by atoms with Crippen molar-refractivity contribution in [3.63, 3.8) is 0 Å². The first-order chi connectivity index (χ1) is 6.29. The Morgan fingerprint density at radius 1 is 1.62 bits per heavy atom. The second kappa shape index (κ2) is 3.01. The second-order valence-electron chi connectivity index (χ2n) is 2.96. The van der Waals surface area contributed by atoms with E-state index in [2.05, 4.69) is 9.97 Å². The van der Waals surface area contributed by atoms with Crippen molar-refractivity contribution in [2.24, 2.45) is 5.73 Å². The molecule has 1 aromatic heterocycles. The number of carbonyl (C=O) groups excluding carboxylic acids is 1. The number of primary amides is 1. The van der Waals surface area contributed by atoms with E-state index < -0.39 is 0 Å². The molecule has 0 aromatic carbocycles. The molecule has 5 heteroatoms. The first-order valence-corrected chi connectivity index (χ1v) is 4.11. The number of nitrogens with two attached hydrogens (primary N) is 1. The predicted molar refractivity (Wildman–Crippen MR) is 47.0 cm³/mol. The average molecular weight is 178 g/mol. The molecule has 5 nitrogen and oxygen atoms in total. The summed E-state index contributed by atoms with van der Waals surface area (Å²) in [5.74, 6) is 0.425. The molecule has 2 rings (SSSR count). The highest BCUT2D eigenvalue weighted by molar-refractivity contribution is 5.84. The monoisotopic (exact) mass is 178 g/mol. The molecule has 1 aliphatic rings. The Balaban J connectivity index is 2.15. The number of anilines is 1. The molecule has 1 fully saturated rings. The van der Waals surface area contributed by atoms with Gasteiger partial charge in [0.1, 0.15) is 11.9 Å². The Morgan fingerprint density at radius 2 is 2.46 bits per heavy atom. The zero-order chi connectivity index (χ0) is 9.26. The smallest absolute Gasteiger partial charge is 0.240 e. The summed E-state index contributed by atoms with van der Waals surface area (Å²) in [7, 11) is 0. The summed E-state index contributed by atoms with van der Waals surface area (Å²) in [5, 5.41) is 0. The van der Waals surface area contributed by atoms with Gasteiger partial charge in [-0.3, -0.25) is 9.78 Å². The molecule has 1 saturated heterocycles. The van der Waals surface area contributed by atoms with Crippen molar-refractivity contribution in [3.05, 3.63) is 18.6 Å². The van der Waals surface area contributed by atoms with Crippen LogP contribution in [-0.4, -0.2) is 28.5 Å². The van der Waals surface area contributed by atoms with E-state index in [1.807, 2.05) is 4.90 Å². The molecule has 0 radical (unpaired) electrons. The van der Waals surface area contributed by atoms with Crippen LogP contribution in [0, 0.1) is 0 Å². The van der Waals surface area contributed by atoms with Gasteiger partial charge in [0.25, 0.3) is 0 Å². The van der Waals surface area contributed by atoms with Crippen molar-refractivity contribution in [1.82, 2.24) is 9.97 Å². The molecule has 68 valence electrons. The summed E-state index contributed by atoms with van der Waals surface area (Å²) in [5.41, 5.74) is 5.20. The van der Waals surface area contributed by atoms with Crippen molar-refractivity contribution < 1.29 is 4.79 Å². The summed E-state index contributed by atoms with van der Waals surface area (Å²) in [6, 6.07) is -0.198. The van der Waals surface area contributed by atoms with Gasteiger partial charge in [0.2, 0.25) is 5.91 Å². The van der Waals surface area contributed by atoms with Gasteiger partial charge >= 0.3 is 0 Å². The largest absolute Gasteiger partial charge is 0.368 e. The topological polar surface area (TPSA) is 72.1 Å². The molecule has 1 aromatic rings. The number of carbonyl (C=O) groups is 1. The molecule has 0 spiro atoms. The fourth-order valence-electron chi connectivity index (χ4n) is 1.40. The fourth-order valence-corrected chi connectivity index (χ4v) is 1.40. The van der Waals surface area contributed by atoms with Crippen LogP contribution in [-0.2, 0) is 4.79 Å². The Bertz CT molecular complexity index is 313. The summed E-state index contributed by atoms with van der Waals surface area (Å²) in [6.45, 7) is 0.826. The molecule has 0 saturated carbocycles. The average Bonchev–Trinajstić information content (AvgIpc) is 2.02. The van der Waals surface area contributed by atoms with Gasteiger partial charge < -0.3 is 10.6 Å². The highest BCUT2D eigenvalue weighted by Gasteiger charge is 2.33. The van der Waals surface area contributed by atoms with Crippen LogP contribution in [0.4, 0.5) is 5.82 Å². The molecule has 0 aliphatic carbocycles. The number of hydrogen-bond donors (Lipinski definition) is 1. The summed E-state index contributed by atoms with van der Waals surface area (Å²) in [4.78, 5) is 20.8. The normalized spacial score (nSPS) is 20.9. The van der Waals surface area contributed by atoms with Crippen LogP contribution in [0.1, 0.15) is 6.42 Å². The lowest BCUT2D eigenvalue weighted by atomic mass is 10.0. The van der Waals surface area contributed by atoms with Crippen LogP contribution in [0.3, 0.4) is 0 Å². The van der Waals surface area contributed by atoms with E-state index in [1.165, 1.54) is 0 Å². The highest BCUT2D eigenvalue weighted by Crippen LogP contribution is 2.22. The fraction of sp³-hybridized carbons (Fsp3) is 0.375. The third kappa shape index (κ3) is 1.32. The van der Waals surface area contributed by atoms with E-state index in [9.17, 15) is 4.79 Å². The molecule has 13 heavy (non-hydrogen) atoms. The van der Waals surface area contributed by atoms with Crippen molar-refractivity contribution >= 4 is 11.7 Å². The summed E-state index contributed by atoms with van der Waals surface area (Å²) in [6.07, 6.45) is 5.65. The van der Waals surface area contributed by atoms with E-state index in [4.69, 9.17) is 5.73 Å². The van der Waals surface area contributed by atoms with Crippen LogP contribution >= 0.6 is 0 Å². The van der Waals surface area contributed by atoms with Crippen molar-refractivity contribution in [2.45, 2.75) is 12.5 Å². The lowest BCUT2D eigenvalue weighted by Crippen LogP contribution is -2.55. The molecular formula is C8H10N4O. The number of hydrogen-bond acceptors (Lipinski definition) is 4. The number of amides is 1. The van der Waals surface area contributed by atoms with Crippen LogP contribution in [0.15, 0.2) is 18.6 Å². The lowest BCUT2D eigenvalue weighted by Gasteiger charge is -2.39. The molecule has 0 unspecified atom stereocenters. The molecule has 2 N–H and O–H groups in total. The van der Waals surface area contributed by atoms with Crippen LogP contribution in [0.25, 0.3) is 0 Å². The SMILES string of the molecule is NC(=O)[C@@H]1CCN1c1cnccn1. The van der Waals surface area contributed by atoms with Crippen molar-refractivity contribution in [3.8, 4) is 0 Å². The second-order valence-corrected chi connectivity index (χ2v) is 2.96. The van der Waals surface area contributed by atoms with E-state index in [-0.39, 0.29) is 11.9 Å². The standard InChI is InChI=1S/C8H10N4O/c9-8(13)6-1-4-12(6)7-5-10-2-3-11-7/h2-3,5-6H,1,4H2,(H2,9,13)/t6-/m0/s1. The van der Waals surface area contributed by atoms with Gasteiger partial charge in [-0.15, -0.1) is 0 Å². The van der Waals surface area contributed by atoms with E-state index in [0.717, 1.165) is 18.8 Å². The minimum Gasteiger partial charge on any atom is -0.368 e. The summed E-state index contributed by atoms with van der Waals surface area (Å²) < 4.78 is 0. The van der Waals surface area contributed by atoms with Crippen LogP contribution in [0.2, 0.25) is 0 Å². The molecule has 0 bridgehead atoms. The maximum Gasteiger partial charge on any atom is 0.240 e. The quantitative estimate of drug-likeness (QED) is 0.665. The van der Waals surface area contributed by atoms with Gasteiger partial charge in [0.05, 0.1) is 6.20 Å². The number of rotatable bonds is 2. The zero-order valence-corrected chi connectivity index (χ0v) is 7.05. The zero-order valence-electron chi connectivity index (χ0n) is 7.05. The Hall–Kier alpha value is -1.65. The van der Waals surface area contributed by atoms with E-state index in [1.54, 1.807) is 18.6 Å². The molecule has 1 amide bonds. The molecule has 2 heterocycles. The molecular weight excluding hydrogens is 168 g/mol. The van der Waals surface area contributed by atoms with Gasteiger partial charge in [-0.1, -0.05) is 0 Å². The predicted octanol–water partition coefficient (Wildman–Crippen LogP) is -0.459. The summed E-state index contributed by atoms with van der Waals surface area (Å²) >= 11 is 0. The third-order valence-electron chi connectivity index (χ3n) is 2.19. The highest BCUT2D eigenvalue weighted by atomic mass is 16.1. The van der Waals surface area contributed by atoms with Gasteiger partial charge in [-0.2, -0.15) is 0 Å². The van der Waals surface area contributed by atoms with Crippen molar-refractivity contribution in [2.75, 3.05) is 11.4 Å². The van der Waals surface area contributed by atoms with E-state index >= 15 is 0 Å². The lowest BCUT2D eigenvalue weighted by molar-refractivity contribution is -0.120. The number of aromatic nitrogens is 2. The van der Waals surface area contributed by atoms with Crippen LogP contribution in [0.5, 0.6) is 0 Å². The van der Waals surface area contributed by atoms with Crippen molar-refractivity contribution in [1.29, 1.82) is 0 Å².